The Balaban J connectivity index is 1.94. The van der Waals surface area contributed by atoms with Crippen LogP contribution in [-0.4, -0.2) is 33.2 Å². The number of amides is 1. The van der Waals surface area contributed by atoms with Crippen LogP contribution in [0.15, 0.2) is 54.6 Å². The van der Waals surface area contributed by atoms with E-state index in [2.05, 4.69) is 10.3 Å². The van der Waals surface area contributed by atoms with Gasteiger partial charge in [-0.3, -0.25) is 4.79 Å². The van der Waals surface area contributed by atoms with Gasteiger partial charge in [0.2, 0.25) is 0 Å². The summed E-state index contributed by atoms with van der Waals surface area (Å²) in [5.41, 5.74) is 8.73. The first kappa shape index (κ1) is 22.3. The maximum absolute atomic E-state index is 12.1. The molecule has 32 heavy (non-hydrogen) atoms. The molecule has 1 aromatic heterocycles. The highest BCUT2D eigenvalue weighted by molar-refractivity contribution is 5.95. The van der Waals surface area contributed by atoms with E-state index in [1.165, 1.54) is 12.1 Å². The van der Waals surface area contributed by atoms with E-state index in [1.54, 1.807) is 42.5 Å². The molecular weight excluding hydrogens is 412 g/mol. The number of aliphatic hydroxyl groups is 1. The Hall–Kier alpha value is -4.42. The lowest BCUT2D eigenvalue weighted by molar-refractivity contribution is -0.306. The van der Waals surface area contributed by atoms with Crippen molar-refractivity contribution in [2.24, 2.45) is 0 Å². The van der Waals surface area contributed by atoms with Crippen LogP contribution in [0.5, 0.6) is 5.75 Å². The number of nitrogens with zero attached hydrogens (tertiary/aromatic N) is 2. The van der Waals surface area contributed by atoms with Crippen molar-refractivity contribution in [3.05, 3.63) is 60.2 Å². The number of nitriles is 1. The molecule has 0 aliphatic carbocycles. The summed E-state index contributed by atoms with van der Waals surface area (Å²) in [5, 5.41) is 42.0. The summed E-state index contributed by atoms with van der Waals surface area (Å²) in [5.74, 6) is -1.99. The molecule has 5 N–H and O–H groups in total. The number of carboxylic acids is 1. The number of carbonyl (C=O) groups is 2. The molecule has 0 saturated heterocycles. The highest BCUT2D eigenvalue weighted by Gasteiger charge is 2.17. The van der Waals surface area contributed by atoms with E-state index in [9.17, 15) is 30.2 Å². The number of benzene rings is 2. The van der Waals surface area contributed by atoms with Gasteiger partial charge >= 0.3 is 0 Å². The third kappa shape index (κ3) is 5.19. The minimum Gasteiger partial charge on any atom is -0.550 e. The van der Waals surface area contributed by atoms with Gasteiger partial charge in [0, 0.05) is 22.8 Å². The largest absolute Gasteiger partial charge is 0.550 e. The first-order valence-electron chi connectivity index (χ1n) is 9.57. The van der Waals surface area contributed by atoms with Crippen LogP contribution in [0.3, 0.4) is 0 Å². The van der Waals surface area contributed by atoms with Crippen LogP contribution in [0.25, 0.3) is 22.4 Å². The van der Waals surface area contributed by atoms with E-state index in [4.69, 9.17) is 5.73 Å². The van der Waals surface area contributed by atoms with Crippen LogP contribution in [-0.2, 0) is 9.59 Å². The summed E-state index contributed by atoms with van der Waals surface area (Å²) in [4.78, 5) is 26.9. The van der Waals surface area contributed by atoms with E-state index in [-0.39, 0.29) is 23.6 Å². The monoisotopic (exact) mass is 431 g/mol. The number of nitrogens with one attached hydrogen (secondary N) is 1. The summed E-state index contributed by atoms with van der Waals surface area (Å²) < 4.78 is 0. The van der Waals surface area contributed by atoms with Crippen molar-refractivity contribution in [1.29, 1.82) is 5.26 Å². The molecule has 162 valence electrons. The van der Waals surface area contributed by atoms with Gasteiger partial charge < -0.3 is 31.2 Å². The molecule has 1 atom stereocenters. The minimum absolute atomic E-state index is 0.0280. The molecule has 3 aromatic rings. The van der Waals surface area contributed by atoms with Crippen LogP contribution in [0.1, 0.15) is 18.4 Å². The van der Waals surface area contributed by atoms with Crippen molar-refractivity contribution in [2.75, 3.05) is 11.1 Å². The predicted molar refractivity (Wildman–Crippen MR) is 115 cm³/mol. The second kappa shape index (κ2) is 9.59. The quantitative estimate of drug-likeness (QED) is 0.434. The van der Waals surface area contributed by atoms with E-state index in [0.29, 0.717) is 28.1 Å². The van der Waals surface area contributed by atoms with Gasteiger partial charge in [0.15, 0.2) is 0 Å². The molecule has 9 heteroatoms. The summed E-state index contributed by atoms with van der Waals surface area (Å²) in [6.07, 6.45) is -2.23. The van der Waals surface area contributed by atoms with Crippen LogP contribution in [0, 0.1) is 11.3 Å². The highest BCUT2D eigenvalue weighted by atomic mass is 16.4. The van der Waals surface area contributed by atoms with Crippen LogP contribution < -0.4 is 16.2 Å². The van der Waals surface area contributed by atoms with E-state index in [1.807, 2.05) is 6.07 Å². The lowest BCUT2D eigenvalue weighted by Crippen LogP contribution is -2.30. The zero-order valence-corrected chi connectivity index (χ0v) is 16.8. The number of anilines is 2. The fourth-order valence-corrected chi connectivity index (χ4v) is 3.07. The molecule has 0 fully saturated rings. The van der Waals surface area contributed by atoms with E-state index >= 15 is 0 Å². The van der Waals surface area contributed by atoms with Crippen LogP contribution in [0.2, 0.25) is 0 Å². The molecule has 0 bridgehead atoms. The molecule has 9 nitrogen and oxygen atoms in total. The van der Waals surface area contributed by atoms with Gasteiger partial charge in [-0.05, 0) is 60.9 Å². The average molecular weight is 431 g/mol. The molecule has 0 spiro atoms. The van der Waals surface area contributed by atoms with E-state index in [0.717, 1.165) is 0 Å². The molecule has 1 unspecified atom stereocenters. The molecule has 0 saturated carbocycles. The number of phenolic OH excluding ortho intramolecular Hbond substituents is 1. The van der Waals surface area contributed by atoms with Gasteiger partial charge in [0.25, 0.3) is 5.91 Å². The van der Waals surface area contributed by atoms with Crippen molar-refractivity contribution >= 4 is 23.4 Å². The number of nitrogens with two attached hydrogens (primary N) is 1. The van der Waals surface area contributed by atoms with Gasteiger partial charge in [-0.25, -0.2) is 4.98 Å². The van der Waals surface area contributed by atoms with E-state index < -0.39 is 24.4 Å². The fourth-order valence-electron chi connectivity index (χ4n) is 3.07. The first-order valence-corrected chi connectivity index (χ1v) is 9.57. The average Bonchev–Trinajstić information content (AvgIpc) is 2.77. The smallest absolute Gasteiger partial charge is 0.253 e. The third-order valence-corrected chi connectivity index (χ3v) is 4.69. The number of carboxylic acid groups (broad SMARTS) is 1. The number of pyridine rings is 1. The van der Waals surface area contributed by atoms with Crippen molar-refractivity contribution in [3.63, 3.8) is 0 Å². The summed E-state index contributed by atoms with van der Waals surface area (Å²) >= 11 is 0. The van der Waals surface area contributed by atoms with Crippen molar-refractivity contribution < 1.29 is 24.9 Å². The van der Waals surface area contributed by atoms with Gasteiger partial charge in [-0.2, -0.15) is 5.26 Å². The predicted octanol–water partition coefficient (Wildman–Crippen LogP) is 1.40. The van der Waals surface area contributed by atoms with Crippen molar-refractivity contribution in [3.8, 4) is 34.2 Å². The molecule has 1 heterocycles. The third-order valence-electron chi connectivity index (χ3n) is 4.69. The van der Waals surface area contributed by atoms with Gasteiger partial charge in [-0.15, -0.1) is 0 Å². The molecule has 1 amide bonds. The molecule has 3 rings (SSSR count). The Bertz CT molecular complexity index is 1200. The lowest BCUT2D eigenvalue weighted by Gasteiger charge is -2.14. The number of aromatic nitrogens is 1. The second-order valence-corrected chi connectivity index (χ2v) is 6.97. The Labute approximate surface area is 183 Å². The molecule has 0 radical (unpaired) electrons. The number of aliphatic carboxylic acids is 1. The van der Waals surface area contributed by atoms with Crippen LogP contribution >= 0.6 is 0 Å². The number of hydrogen-bond donors (Lipinski definition) is 4. The minimum atomic E-state index is -1.51. The Morgan fingerprint density at radius 1 is 1.16 bits per heavy atom. The van der Waals surface area contributed by atoms with Gasteiger partial charge in [0.05, 0.1) is 5.69 Å². The van der Waals surface area contributed by atoms with Gasteiger partial charge in [-0.1, -0.05) is 12.1 Å². The van der Waals surface area contributed by atoms with Crippen LogP contribution in [0.4, 0.5) is 11.5 Å². The summed E-state index contributed by atoms with van der Waals surface area (Å²) in [6.45, 7) is 0. The van der Waals surface area contributed by atoms with Gasteiger partial charge in [0.1, 0.15) is 29.3 Å². The molecule has 2 aromatic carbocycles. The molecule has 0 aliphatic heterocycles. The topological polar surface area (TPSA) is 172 Å². The number of rotatable bonds is 7. The SMILES string of the molecule is N#Cc1c(-c2cccc(NC(=O)C(O)CCC(=O)[O-])c2)cc(-c2ccc(O)cc2)nc1N. The standard InChI is InChI=1S/C23H20N4O5/c24-12-18-17(11-19(27-22(18)25)13-4-6-16(28)7-5-13)14-2-1-3-15(10-14)26-23(32)20(29)8-9-21(30)31/h1-7,10-11,20,28-29H,8-9H2,(H2,25,27)(H,26,32)(H,30,31)/p-1. The summed E-state index contributed by atoms with van der Waals surface area (Å²) in [7, 11) is 0. The number of phenols is 1. The first-order chi connectivity index (χ1) is 15.3. The second-order valence-electron chi connectivity index (χ2n) is 6.97. The maximum Gasteiger partial charge on any atom is 0.253 e. The zero-order chi connectivity index (χ0) is 23.3. The van der Waals surface area contributed by atoms with Crippen molar-refractivity contribution in [2.45, 2.75) is 18.9 Å². The Morgan fingerprint density at radius 2 is 1.88 bits per heavy atom. The number of hydrogen-bond acceptors (Lipinski definition) is 8. The number of aliphatic hydroxyl groups excluding tert-OH is 1. The number of aromatic hydroxyl groups is 1. The lowest BCUT2D eigenvalue weighted by atomic mass is 9.98. The molecule has 0 aliphatic rings. The summed E-state index contributed by atoms with van der Waals surface area (Å²) in [6, 6.07) is 16.6. The normalized spacial score (nSPS) is 11.4. The Kier molecular flexibility index (Phi) is 6.68. The number of nitrogen functional groups attached to an aromatic ring is 1. The number of carbonyl (C=O) groups excluding carboxylic acids is 2. The molecular formula is C23H19N4O5-. The maximum atomic E-state index is 12.1. The highest BCUT2D eigenvalue weighted by Crippen LogP contribution is 2.32. The zero-order valence-electron chi connectivity index (χ0n) is 16.8. The fraction of sp³-hybridized carbons (Fsp3) is 0.130. The Morgan fingerprint density at radius 3 is 2.53 bits per heavy atom. The van der Waals surface area contributed by atoms with Crippen molar-refractivity contribution in [1.82, 2.24) is 4.98 Å².